The molecule has 0 fully saturated rings. The molecule has 8 nitrogen and oxygen atoms in total. The minimum atomic E-state index is -1.32. The lowest BCUT2D eigenvalue weighted by atomic mass is 10.1. The van der Waals surface area contributed by atoms with E-state index in [1.165, 1.54) is 13.8 Å². The molecular formula is C10H16N2O6. The Morgan fingerprint density at radius 1 is 1.11 bits per heavy atom. The second kappa shape index (κ2) is 7.25. The van der Waals surface area contributed by atoms with Crippen LogP contribution in [-0.4, -0.2) is 46.0 Å². The van der Waals surface area contributed by atoms with Gasteiger partial charge >= 0.3 is 11.9 Å². The third-order valence-corrected chi connectivity index (χ3v) is 2.07. The number of hydrogen-bond acceptors (Lipinski definition) is 4. The second-order valence-electron chi connectivity index (χ2n) is 3.75. The first-order valence-corrected chi connectivity index (χ1v) is 5.26. The minimum absolute atomic E-state index is 0.219. The summed E-state index contributed by atoms with van der Waals surface area (Å²) in [6, 6.07) is -2.17. The molecule has 0 saturated carbocycles. The molecule has 0 aliphatic heterocycles. The molecule has 102 valence electrons. The molecule has 0 aliphatic carbocycles. The normalized spacial score (nSPS) is 13.2. The number of hydrogen-bond donors (Lipinski definition) is 4. The zero-order valence-corrected chi connectivity index (χ0v) is 10.1. The van der Waals surface area contributed by atoms with Crippen LogP contribution in [0.15, 0.2) is 0 Å². The summed E-state index contributed by atoms with van der Waals surface area (Å²) in [5.74, 6) is -3.57. The van der Waals surface area contributed by atoms with E-state index in [9.17, 15) is 19.2 Å². The number of carbonyl (C=O) groups excluding carboxylic acids is 2. The predicted octanol–water partition coefficient (Wildman–Crippen LogP) is -1.05. The SMILES string of the molecule is CC(=O)N[C@@H](C)C(=O)N[C@@H](CCC(=O)O)C(=O)O. The first-order valence-electron chi connectivity index (χ1n) is 5.26. The van der Waals surface area contributed by atoms with E-state index >= 15 is 0 Å². The third kappa shape index (κ3) is 6.46. The molecule has 2 atom stereocenters. The van der Waals surface area contributed by atoms with Crippen molar-refractivity contribution in [2.24, 2.45) is 0 Å². The maximum absolute atomic E-state index is 11.5. The molecule has 0 bridgehead atoms. The fraction of sp³-hybridized carbons (Fsp3) is 0.600. The van der Waals surface area contributed by atoms with Crippen molar-refractivity contribution in [1.82, 2.24) is 10.6 Å². The van der Waals surface area contributed by atoms with Gasteiger partial charge in [-0.1, -0.05) is 0 Å². The van der Waals surface area contributed by atoms with Crippen molar-refractivity contribution in [2.45, 2.75) is 38.8 Å². The first-order chi connectivity index (χ1) is 8.23. The van der Waals surface area contributed by atoms with Crippen molar-refractivity contribution in [3.05, 3.63) is 0 Å². The molecule has 4 N–H and O–H groups in total. The van der Waals surface area contributed by atoms with E-state index in [4.69, 9.17) is 10.2 Å². The highest BCUT2D eigenvalue weighted by Crippen LogP contribution is 1.99. The van der Waals surface area contributed by atoms with Crippen LogP contribution in [-0.2, 0) is 19.2 Å². The van der Waals surface area contributed by atoms with E-state index in [2.05, 4.69) is 10.6 Å². The van der Waals surface area contributed by atoms with Crippen LogP contribution in [0.4, 0.5) is 0 Å². The number of nitrogens with one attached hydrogen (secondary N) is 2. The number of carboxylic acids is 2. The standard InChI is InChI=1S/C10H16N2O6/c1-5(11-6(2)13)9(16)12-7(10(17)18)3-4-8(14)15/h5,7H,3-4H2,1-2H3,(H,11,13)(H,12,16)(H,14,15)(H,17,18)/t5-,7-/m0/s1. The van der Waals surface area contributed by atoms with Crippen LogP contribution >= 0.6 is 0 Å². The van der Waals surface area contributed by atoms with Crippen LogP contribution in [0.5, 0.6) is 0 Å². The van der Waals surface area contributed by atoms with Crippen molar-refractivity contribution in [2.75, 3.05) is 0 Å². The molecular weight excluding hydrogens is 244 g/mol. The number of rotatable bonds is 7. The van der Waals surface area contributed by atoms with Gasteiger partial charge in [0.15, 0.2) is 0 Å². The lowest BCUT2D eigenvalue weighted by Crippen LogP contribution is -2.50. The summed E-state index contributed by atoms with van der Waals surface area (Å²) in [4.78, 5) is 43.3. The Kier molecular flexibility index (Phi) is 6.40. The highest BCUT2D eigenvalue weighted by Gasteiger charge is 2.23. The average molecular weight is 260 g/mol. The van der Waals surface area contributed by atoms with E-state index in [0.29, 0.717) is 0 Å². The van der Waals surface area contributed by atoms with Gasteiger partial charge in [-0.05, 0) is 13.3 Å². The highest BCUT2D eigenvalue weighted by molar-refractivity contribution is 5.89. The smallest absolute Gasteiger partial charge is 0.326 e. The molecule has 0 spiro atoms. The quantitative estimate of drug-likeness (QED) is 0.461. The average Bonchev–Trinajstić information content (AvgIpc) is 2.21. The minimum Gasteiger partial charge on any atom is -0.481 e. The van der Waals surface area contributed by atoms with Crippen LogP contribution in [0.3, 0.4) is 0 Å². The van der Waals surface area contributed by atoms with Crippen molar-refractivity contribution in [1.29, 1.82) is 0 Å². The molecule has 0 rings (SSSR count). The van der Waals surface area contributed by atoms with E-state index in [-0.39, 0.29) is 12.8 Å². The van der Waals surface area contributed by atoms with E-state index < -0.39 is 35.8 Å². The Morgan fingerprint density at radius 2 is 1.67 bits per heavy atom. The highest BCUT2D eigenvalue weighted by atomic mass is 16.4. The predicted molar refractivity (Wildman–Crippen MR) is 59.7 cm³/mol. The molecule has 0 radical (unpaired) electrons. The van der Waals surface area contributed by atoms with Gasteiger partial charge < -0.3 is 20.8 Å². The Hall–Kier alpha value is -2.12. The summed E-state index contributed by atoms with van der Waals surface area (Å²) in [6.45, 7) is 2.62. The number of carbonyl (C=O) groups is 4. The molecule has 0 aliphatic rings. The molecule has 0 heterocycles. The zero-order valence-electron chi connectivity index (χ0n) is 10.1. The first kappa shape index (κ1) is 15.9. The Labute approximate surface area is 103 Å². The number of aliphatic carboxylic acids is 2. The topological polar surface area (TPSA) is 133 Å². The van der Waals surface area contributed by atoms with Gasteiger partial charge in [0.2, 0.25) is 11.8 Å². The van der Waals surface area contributed by atoms with E-state index in [1.807, 2.05) is 0 Å². The largest absolute Gasteiger partial charge is 0.481 e. The second-order valence-corrected chi connectivity index (χ2v) is 3.75. The van der Waals surface area contributed by atoms with E-state index in [1.54, 1.807) is 0 Å². The van der Waals surface area contributed by atoms with Crippen LogP contribution in [0.2, 0.25) is 0 Å². The van der Waals surface area contributed by atoms with Gasteiger partial charge in [-0.2, -0.15) is 0 Å². The maximum atomic E-state index is 11.5. The number of carboxylic acid groups (broad SMARTS) is 2. The molecule has 18 heavy (non-hydrogen) atoms. The zero-order chi connectivity index (χ0) is 14.3. The summed E-state index contributed by atoms with van der Waals surface area (Å²) in [5, 5.41) is 21.7. The lowest BCUT2D eigenvalue weighted by Gasteiger charge is -2.17. The molecule has 0 aromatic carbocycles. The molecule has 0 aromatic heterocycles. The van der Waals surface area contributed by atoms with Gasteiger partial charge in [-0.3, -0.25) is 14.4 Å². The van der Waals surface area contributed by atoms with Crippen LogP contribution in [0, 0.1) is 0 Å². The van der Waals surface area contributed by atoms with E-state index in [0.717, 1.165) is 0 Å². The van der Waals surface area contributed by atoms with Crippen LogP contribution < -0.4 is 10.6 Å². The Morgan fingerprint density at radius 3 is 2.06 bits per heavy atom. The molecule has 8 heteroatoms. The summed E-state index contributed by atoms with van der Waals surface area (Å²) >= 11 is 0. The fourth-order valence-electron chi connectivity index (χ4n) is 1.19. The van der Waals surface area contributed by atoms with Crippen molar-refractivity contribution >= 4 is 23.8 Å². The van der Waals surface area contributed by atoms with Crippen LogP contribution in [0.25, 0.3) is 0 Å². The summed E-state index contributed by atoms with van der Waals surface area (Å²) < 4.78 is 0. The van der Waals surface area contributed by atoms with Gasteiger partial charge in [0.05, 0.1) is 0 Å². The Balaban J connectivity index is 4.40. The van der Waals surface area contributed by atoms with Gasteiger partial charge in [0.1, 0.15) is 12.1 Å². The maximum Gasteiger partial charge on any atom is 0.326 e. The van der Waals surface area contributed by atoms with Gasteiger partial charge in [0, 0.05) is 13.3 Å². The number of amides is 2. The summed E-state index contributed by atoms with van der Waals surface area (Å²) in [6.07, 6.45) is -0.588. The van der Waals surface area contributed by atoms with Crippen LogP contribution in [0.1, 0.15) is 26.7 Å². The third-order valence-electron chi connectivity index (χ3n) is 2.07. The molecule has 0 aromatic rings. The molecule has 0 saturated heterocycles. The lowest BCUT2D eigenvalue weighted by molar-refractivity contribution is -0.143. The van der Waals surface area contributed by atoms with Crippen molar-refractivity contribution in [3.8, 4) is 0 Å². The Bertz CT molecular complexity index is 354. The van der Waals surface area contributed by atoms with Gasteiger partial charge in [0.25, 0.3) is 0 Å². The monoisotopic (exact) mass is 260 g/mol. The fourth-order valence-corrected chi connectivity index (χ4v) is 1.19. The summed E-state index contributed by atoms with van der Waals surface area (Å²) in [7, 11) is 0. The van der Waals surface area contributed by atoms with Gasteiger partial charge in [-0.25, -0.2) is 4.79 Å². The van der Waals surface area contributed by atoms with Crippen molar-refractivity contribution in [3.63, 3.8) is 0 Å². The van der Waals surface area contributed by atoms with Gasteiger partial charge in [-0.15, -0.1) is 0 Å². The van der Waals surface area contributed by atoms with Crippen molar-refractivity contribution < 1.29 is 29.4 Å². The molecule has 0 unspecified atom stereocenters. The summed E-state index contributed by atoms with van der Waals surface area (Å²) in [5.41, 5.74) is 0. The molecule has 2 amide bonds.